The number of ether oxygens (including phenoxy) is 7. The van der Waals surface area contributed by atoms with Crippen LogP contribution in [0.5, 0.6) is 11.5 Å². The van der Waals surface area contributed by atoms with Crippen molar-refractivity contribution < 1.29 is 67.7 Å². The Hall–Kier alpha value is -4.48. The first-order valence-electron chi connectivity index (χ1n) is 25.8. The molecule has 0 spiro atoms. The molecule has 14 atom stereocenters. The van der Waals surface area contributed by atoms with E-state index in [2.05, 4.69) is 6.58 Å². The summed E-state index contributed by atoms with van der Waals surface area (Å²) in [5, 5.41) is 36.0. The van der Waals surface area contributed by atoms with Gasteiger partial charge in [-0.3, -0.25) is 14.4 Å². The van der Waals surface area contributed by atoms with Gasteiger partial charge in [-0.25, -0.2) is 4.79 Å². The lowest BCUT2D eigenvalue weighted by Crippen LogP contribution is -2.64. The highest BCUT2D eigenvalue weighted by Gasteiger charge is 2.57. The first-order chi connectivity index (χ1) is 34.2. The van der Waals surface area contributed by atoms with Crippen LogP contribution >= 0.6 is 0 Å². The number of nitrogens with zero attached hydrogens (tertiary/aromatic N) is 1. The number of aliphatic hydroxyl groups is 3. The van der Waals surface area contributed by atoms with Gasteiger partial charge in [-0.05, 0) is 120 Å². The van der Waals surface area contributed by atoms with Gasteiger partial charge in [0.15, 0.2) is 0 Å². The van der Waals surface area contributed by atoms with Crippen LogP contribution in [-0.4, -0.2) is 140 Å². The summed E-state index contributed by atoms with van der Waals surface area (Å²) >= 11 is 0. The molecule has 1 aromatic carbocycles. The summed E-state index contributed by atoms with van der Waals surface area (Å²) in [6.07, 6.45) is 12.6. The topological polar surface area (TPSA) is 197 Å². The third-order valence-corrected chi connectivity index (χ3v) is 15.5. The van der Waals surface area contributed by atoms with Crippen molar-refractivity contribution in [2.75, 3.05) is 42.1 Å². The minimum absolute atomic E-state index is 0.0118. The Morgan fingerprint density at radius 3 is 2.21 bits per heavy atom. The minimum atomic E-state index is -2.54. The smallest absolute Gasteiger partial charge is 0.329 e. The average Bonchev–Trinajstić information content (AvgIpc) is 3.36. The number of rotatable bonds is 13. The second-order valence-corrected chi connectivity index (χ2v) is 20.9. The SMILES string of the molecule is C=CCC1/C=C(\C)CC(C)CC(OC)C2OC(O)(C(=O)C(=O)N3CCCCC3C(=O)OC(C(C)=CC3CCC(O)(CC=CC=Cc4cc(OC)cc(OC)c4)C(OC)C3)C(C)C(O)CC1=O)C(C)CC2OC. The fourth-order valence-corrected chi connectivity index (χ4v) is 11.2. The van der Waals surface area contributed by atoms with Gasteiger partial charge in [-0.2, -0.15) is 0 Å². The molecular formula is C57H83NO14. The van der Waals surface area contributed by atoms with Crippen molar-refractivity contribution in [3.63, 3.8) is 0 Å². The number of carbonyl (C=O) groups is 4. The second-order valence-electron chi connectivity index (χ2n) is 20.9. The van der Waals surface area contributed by atoms with Gasteiger partial charge in [-0.15, -0.1) is 6.58 Å². The summed E-state index contributed by atoms with van der Waals surface area (Å²) in [4.78, 5) is 58.8. The molecule has 400 valence electrons. The first kappa shape index (κ1) is 58.4. The summed E-state index contributed by atoms with van der Waals surface area (Å²) in [6, 6.07) is 4.40. The van der Waals surface area contributed by atoms with Crippen LogP contribution in [0.15, 0.2) is 72.4 Å². The molecule has 3 N–H and O–H groups in total. The number of ketones is 2. The summed E-state index contributed by atoms with van der Waals surface area (Å²) < 4.78 is 41.2. The van der Waals surface area contributed by atoms with E-state index in [1.165, 1.54) is 19.1 Å². The van der Waals surface area contributed by atoms with Crippen LogP contribution in [0.25, 0.3) is 6.08 Å². The van der Waals surface area contributed by atoms with Crippen LogP contribution in [0, 0.1) is 29.6 Å². The largest absolute Gasteiger partial charge is 0.497 e. The Labute approximate surface area is 427 Å². The second kappa shape index (κ2) is 26.6. The van der Waals surface area contributed by atoms with Gasteiger partial charge >= 0.3 is 5.97 Å². The Morgan fingerprint density at radius 1 is 0.889 bits per heavy atom. The molecule has 0 radical (unpaired) electrons. The number of allylic oxidation sites excluding steroid dienone is 6. The van der Waals surface area contributed by atoms with E-state index in [9.17, 15) is 34.5 Å². The quantitative estimate of drug-likeness (QED) is 0.0753. The Balaban J connectivity index is 1.45. The van der Waals surface area contributed by atoms with E-state index < -0.39 is 89.5 Å². The number of piperidine rings is 1. The zero-order valence-corrected chi connectivity index (χ0v) is 44.4. The van der Waals surface area contributed by atoms with Crippen molar-refractivity contribution in [3.05, 3.63) is 77.9 Å². The third-order valence-electron chi connectivity index (χ3n) is 15.5. The van der Waals surface area contributed by atoms with E-state index >= 15 is 0 Å². The number of benzene rings is 1. The predicted molar refractivity (Wildman–Crippen MR) is 274 cm³/mol. The van der Waals surface area contributed by atoms with Crippen molar-refractivity contribution in [3.8, 4) is 11.5 Å². The number of carbonyl (C=O) groups excluding carboxylic acids is 4. The van der Waals surface area contributed by atoms with Crippen LogP contribution in [0.3, 0.4) is 0 Å². The van der Waals surface area contributed by atoms with Crippen molar-refractivity contribution >= 4 is 29.5 Å². The highest BCUT2D eigenvalue weighted by molar-refractivity contribution is 6.39. The minimum Gasteiger partial charge on any atom is -0.497 e. The predicted octanol–water partition coefficient (Wildman–Crippen LogP) is 7.69. The highest BCUT2D eigenvalue weighted by Crippen LogP contribution is 2.41. The lowest BCUT2D eigenvalue weighted by molar-refractivity contribution is -0.302. The Kier molecular flexibility index (Phi) is 21.6. The third kappa shape index (κ3) is 14.4. The Bertz CT molecular complexity index is 2130. The number of methoxy groups -OCH3 is 5. The number of fused-ring (bicyclic) bond motifs is 3. The maximum Gasteiger partial charge on any atom is 0.329 e. The number of amides is 1. The van der Waals surface area contributed by atoms with Gasteiger partial charge < -0.3 is 53.4 Å². The van der Waals surface area contributed by atoms with Crippen LogP contribution in [0.2, 0.25) is 0 Å². The molecule has 3 fully saturated rings. The van der Waals surface area contributed by atoms with E-state index in [0.717, 1.165) is 11.1 Å². The van der Waals surface area contributed by atoms with Crippen LogP contribution < -0.4 is 9.47 Å². The number of Topliss-reactive ketones (excluding diaryl/α,β-unsaturated/α-hetero) is 2. The van der Waals surface area contributed by atoms with Crippen molar-refractivity contribution in [2.24, 2.45) is 29.6 Å². The molecule has 5 rings (SSSR count). The number of cyclic esters (lactones) is 1. The van der Waals surface area contributed by atoms with Gasteiger partial charge in [0.25, 0.3) is 11.7 Å². The zero-order valence-electron chi connectivity index (χ0n) is 44.4. The highest BCUT2D eigenvalue weighted by atomic mass is 16.7. The Morgan fingerprint density at radius 2 is 1.57 bits per heavy atom. The summed E-state index contributed by atoms with van der Waals surface area (Å²) in [5.74, 6) is -6.75. The first-order valence-corrected chi connectivity index (χ1v) is 25.8. The number of esters is 1. The van der Waals surface area contributed by atoms with Crippen molar-refractivity contribution in [1.29, 1.82) is 0 Å². The van der Waals surface area contributed by atoms with Crippen molar-refractivity contribution in [2.45, 2.75) is 166 Å². The molecule has 3 heterocycles. The summed E-state index contributed by atoms with van der Waals surface area (Å²) in [7, 11) is 7.82. The molecule has 15 nitrogen and oxygen atoms in total. The zero-order chi connectivity index (χ0) is 52.9. The number of aliphatic hydroxyl groups excluding tert-OH is 1. The van der Waals surface area contributed by atoms with Gasteiger partial charge in [0, 0.05) is 58.1 Å². The van der Waals surface area contributed by atoms with Crippen LogP contribution in [0.1, 0.15) is 117 Å². The van der Waals surface area contributed by atoms with E-state index in [-0.39, 0.29) is 43.4 Å². The van der Waals surface area contributed by atoms with E-state index in [4.69, 9.17) is 33.2 Å². The van der Waals surface area contributed by atoms with Gasteiger partial charge in [-0.1, -0.05) is 68.9 Å². The van der Waals surface area contributed by atoms with Gasteiger partial charge in [0.2, 0.25) is 5.79 Å². The molecule has 0 aromatic heterocycles. The molecule has 72 heavy (non-hydrogen) atoms. The molecule has 14 unspecified atom stereocenters. The maximum atomic E-state index is 14.6. The summed E-state index contributed by atoms with van der Waals surface area (Å²) in [5.41, 5.74) is 1.30. The van der Waals surface area contributed by atoms with Crippen LogP contribution in [-0.2, 0) is 42.9 Å². The molecule has 4 aliphatic rings. The molecule has 1 saturated carbocycles. The molecule has 15 heteroatoms. The molecule has 1 amide bonds. The lowest BCUT2D eigenvalue weighted by atomic mass is 9.74. The van der Waals surface area contributed by atoms with E-state index in [1.54, 1.807) is 47.3 Å². The molecule has 2 saturated heterocycles. The molecule has 3 aliphatic heterocycles. The molecule has 2 bridgehead atoms. The summed E-state index contributed by atoms with van der Waals surface area (Å²) in [6.45, 7) is 13.1. The fraction of sp³-hybridized carbons (Fsp3) is 0.649. The number of hydrogen-bond donors (Lipinski definition) is 3. The number of hydrogen-bond acceptors (Lipinski definition) is 14. The van der Waals surface area contributed by atoms with Crippen molar-refractivity contribution in [1.82, 2.24) is 4.90 Å². The van der Waals surface area contributed by atoms with E-state index in [0.29, 0.717) is 74.9 Å². The average molecular weight is 1010 g/mol. The van der Waals surface area contributed by atoms with Gasteiger partial charge in [0.05, 0.1) is 44.2 Å². The normalized spacial score (nSPS) is 36.0. The fourth-order valence-electron chi connectivity index (χ4n) is 11.2. The van der Waals surface area contributed by atoms with Crippen LogP contribution in [0.4, 0.5) is 0 Å². The molecule has 1 aromatic rings. The maximum absolute atomic E-state index is 14.6. The molecular weight excluding hydrogens is 923 g/mol. The standard InChI is InChI=1S/C57H83NO14/c1-12-18-42-26-35(2)25-36(3)27-48(68-9)52-49(69-10)29-38(5)57(65,72-52)53(61)54(62)58-24-17-15-20-45(58)55(63)71-51(39(6)46(59)34-47(42)60)37(4)28-41-21-23-56(64,50(32-41)70-11)22-16-13-14-19-40-30-43(66-7)33-44(31-40)67-8/h12-14,16,19,26,28,30-31,33,36,38-39,41-42,45-46,48-52,59,64-65H,1,15,17-18,20-25,27,29,32,34H2,2-11H3/b16-13?,19-14?,35-26+,37-28?. The molecule has 1 aliphatic carbocycles. The lowest BCUT2D eigenvalue weighted by Gasteiger charge is -2.47. The van der Waals surface area contributed by atoms with Gasteiger partial charge in [0.1, 0.15) is 35.5 Å². The monoisotopic (exact) mass is 1010 g/mol. The van der Waals surface area contributed by atoms with E-state index in [1.807, 2.05) is 69.4 Å².